The van der Waals surface area contributed by atoms with E-state index < -0.39 is 0 Å². The van der Waals surface area contributed by atoms with Gasteiger partial charge in [-0.25, -0.2) is 0 Å². The summed E-state index contributed by atoms with van der Waals surface area (Å²) in [6.45, 7) is 5.48. The van der Waals surface area contributed by atoms with Gasteiger partial charge in [-0.15, -0.1) is 11.6 Å². The van der Waals surface area contributed by atoms with Gasteiger partial charge in [0, 0.05) is 12.5 Å². The van der Waals surface area contributed by atoms with E-state index >= 15 is 0 Å². The van der Waals surface area contributed by atoms with Crippen molar-refractivity contribution in [3.8, 4) is 0 Å². The van der Waals surface area contributed by atoms with Crippen molar-refractivity contribution in [2.75, 3.05) is 12.5 Å². The van der Waals surface area contributed by atoms with E-state index in [-0.39, 0.29) is 0 Å². The molecule has 78 valence electrons. The van der Waals surface area contributed by atoms with Gasteiger partial charge in [0.2, 0.25) is 0 Å². The topological polar surface area (TPSA) is 9.23 Å². The van der Waals surface area contributed by atoms with E-state index in [1.54, 1.807) is 0 Å². The van der Waals surface area contributed by atoms with Crippen LogP contribution >= 0.6 is 11.6 Å². The molecule has 1 aliphatic heterocycles. The van der Waals surface area contributed by atoms with Crippen LogP contribution in [0.1, 0.15) is 39.5 Å². The van der Waals surface area contributed by atoms with Crippen molar-refractivity contribution in [2.24, 2.45) is 11.8 Å². The summed E-state index contributed by atoms with van der Waals surface area (Å²) >= 11 is 5.93. The van der Waals surface area contributed by atoms with E-state index in [9.17, 15) is 0 Å². The van der Waals surface area contributed by atoms with Gasteiger partial charge in [-0.3, -0.25) is 0 Å². The van der Waals surface area contributed by atoms with E-state index in [1.807, 2.05) is 0 Å². The van der Waals surface area contributed by atoms with E-state index in [0.29, 0.717) is 12.0 Å². The molecule has 0 saturated carbocycles. The van der Waals surface area contributed by atoms with E-state index in [4.69, 9.17) is 16.3 Å². The molecule has 0 amide bonds. The molecule has 0 bridgehead atoms. The molecule has 2 heteroatoms. The molecule has 0 N–H and O–H groups in total. The fourth-order valence-electron chi connectivity index (χ4n) is 2.09. The van der Waals surface area contributed by atoms with Gasteiger partial charge in [0.25, 0.3) is 0 Å². The molecule has 13 heavy (non-hydrogen) atoms. The lowest BCUT2D eigenvalue weighted by molar-refractivity contribution is 0.0893. The van der Waals surface area contributed by atoms with Gasteiger partial charge in [-0.1, -0.05) is 13.8 Å². The summed E-state index contributed by atoms with van der Waals surface area (Å²) in [5.74, 6) is 2.20. The van der Waals surface area contributed by atoms with Crippen LogP contribution in [-0.2, 0) is 4.74 Å². The SMILES string of the molecule is CC(C)CC(CCl)CC1CCCO1. The van der Waals surface area contributed by atoms with Crippen LogP contribution in [0.2, 0.25) is 0 Å². The first-order valence-corrected chi connectivity index (χ1v) is 5.93. The maximum Gasteiger partial charge on any atom is 0.0579 e. The van der Waals surface area contributed by atoms with Crippen molar-refractivity contribution in [3.05, 3.63) is 0 Å². The van der Waals surface area contributed by atoms with Gasteiger partial charge >= 0.3 is 0 Å². The minimum Gasteiger partial charge on any atom is -0.378 e. The molecule has 2 unspecified atom stereocenters. The Bertz CT molecular complexity index is 130. The number of hydrogen-bond donors (Lipinski definition) is 0. The Morgan fingerprint density at radius 2 is 2.23 bits per heavy atom. The molecule has 0 aromatic heterocycles. The molecule has 1 heterocycles. The number of halogens is 1. The lowest BCUT2D eigenvalue weighted by atomic mass is 9.93. The van der Waals surface area contributed by atoms with E-state index in [2.05, 4.69) is 13.8 Å². The average molecular weight is 205 g/mol. The third kappa shape index (κ3) is 4.33. The number of alkyl halides is 1. The highest BCUT2D eigenvalue weighted by Crippen LogP contribution is 2.24. The number of rotatable bonds is 5. The summed E-state index contributed by atoms with van der Waals surface area (Å²) < 4.78 is 5.61. The second-order valence-corrected chi connectivity index (χ2v) is 4.83. The van der Waals surface area contributed by atoms with Gasteiger partial charge < -0.3 is 4.74 Å². The maximum absolute atomic E-state index is 5.93. The Hall–Kier alpha value is 0.250. The quantitative estimate of drug-likeness (QED) is 0.624. The van der Waals surface area contributed by atoms with Gasteiger partial charge in [-0.2, -0.15) is 0 Å². The van der Waals surface area contributed by atoms with Crippen molar-refractivity contribution in [2.45, 2.75) is 45.6 Å². The third-order valence-electron chi connectivity index (χ3n) is 2.64. The molecule has 1 rings (SSSR count). The standard InChI is InChI=1S/C11H21ClO/c1-9(2)6-10(8-12)7-11-4-3-5-13-11/h9-11H,3-8H2,1-2H3. The third-order valence-corrected chi connectivity index (χ3v) is 3.08. The molecule has 1 saturated heterocycles. The Morgan fingerprint density at radius 1 is 1.46 bits per heavy atom. The van der Waals surface area contributed by atoms with Crippen molar-refractivity contribution >= 4 is 11.6 Å². The highest BCUT2D eigenvalue weighted by Gasteiger charge is 2.20. The first-order valence-electron chi connectivity index (χ1n) is 5.40. The minimum absolute atomic E-state index is 0.502. The zero-order valence-electron chi connectivity index (χ0n) is 8.76. The van der Waals surface area contributed by atoms with Crippen LogP contribution in [-0.4, -0.2) is 18.6 Å². The largest absolute Gasteiger partial charge is 0.378 e. The summed E-state index contributed by atoms with van der Waals surface area (Å²) in [5, 5.41) is 0. The Morgan fingerprint density at radius 3 is 2.69 bits per heavy atom. The van der Waals surface area contributed by atoms with Gasteiger partial charge in [0.05, 0.1) is 6.10 Å². The van der Waals surface area contributed by atoms with Crippen LogP contribution in [0.4, 0.5) is 0 Å². The molecule has 1 aliphatic rings. The normalized spacial score (nSPS) is 25.4. The fraction of sp³-hybridized carbons (Fsp3) is 1.00. The van der Waals surface area contributed by atoms with E-state index in [0.717, 1.165) is 18.4 Å². The Kier molecular flexibility index (Phi) is 5.12. The molecule has 1 fully saturated rings. The number of ether oxygens (including phenoxy) is 1. The van der Waals surface area contributed by atoms with Crippen molar-refractivity contribution in [3.63, 3.8) is 0 Å². The predicted octanol–water partition coefficient (Wildman–Crippen LogP) is 3.46. The summed E-state index contributed by atoms with van der Waals surface area (Å²) in [6.07, 6.45) is 5.39. The molecule has 0 radical (unpaired) electrons. The van der Waals surface area contributed by atoms with E-state index in [1.165, 1.54) is 25.7 Å². The summed E-state index contributed by atoms with van der Waals surface area (Å²) in [4.78, 5) is 0. The lowest BCUT2D eigenvalue weighted by Crippen LogP contribution is -2.15. The molecule has 0 spiro atoms. The van der Waals surface area contributed by atoms with Crippen LogP contribution in [0.3, 0.4) is 0 Å². The molecular formula is C11H21ClO. The Labute approximate surface area is 86.8 Å². The smallest absolute Gasteiger partial charge is 0.0579 e. The zero-order chi connectivity index (χ0) is 9.68. The summed E-state index contributed by atoms with van der Waals surface area (Å²) in [5.41, 5.74) is 0. The molecule has 0 aromatic rings. The molecule has 0 aromatic carbocycles. The first kappa shape index (κ1) is 11.3. The zero-order valence-corrected chi connectivity index (χ0v) is 9.52. The van der Waals surface area contributed by atoms with Gasteiger partial charge in [-0.05, 0) is 37.5 Å². The van der Waals surface area contributed by atoms with Crippen LogP contribution < -0.4 is 0 Å². The van der Waals surface area contributed by atoms with Crippen molar-refractivity contribution in [1.82, 2.24) is 0 Å². The highest BCUT2D eigenvalue weighted by molar-refractivity contribution is 6.18. The second-order valence-electron chi connectivity index (χ2n) is 4.52. The second kappa shape index (κ2) is 5.87. The highest BCUT2D eigenvalue weighted by atomic mass is 35.5. The monoisotopic (exact) mass is 204 g/mol. The number of hydrogen-bond acceptors (Lipinski definition) is 1. The average Bonchev–Trinajstić information content (AvgIpc) is 2.55. The molecular weight excluding hydrogens is 184 g/mol. The summed E-state index contributed by atoms with van der Waals surface area (Å²) in [6, 6.07) is 0. The first-order chi connectivity index (χ1) is 6.22. The predicted molar refractivity (Wildman–Crippen MR) is 57.3 cm³/mol. The van der Waals surface area contributed by atoms with Gasteiger partial charge in [0.15, 0.2) is 0 Å². The Balaban J connectivity index is 2.21. The molecule has 2 atom stereocenters. The van der Waals surface area contributed by atoms with Crippen LogP contribution in [0.25, 0.3) is 0 Å². The summed E-state index contributed by atoms with van der Waals surface area (Å²) in [7, 11) is 0. The molecule has 0 aliphatic carbocycles. The van der Waals surface area contributed by atoms with Gasteiger partial charge in [0.1, 0.15) is 0 Å². The minimum atomic E-state index is 0.502. The van der Waals surface area contributed by atoms with Crippen molar-refractivity contribution in [1.29, 1.82) is 0 Å². The van der Waals surface area contributed by atoms with Crippen LogP contribution in [0, 0.1) is 11.8 Å². The van der Waals surface area contributed by atoms with Crippen LogP contribution in [0.15, 0.2) is 0 Å². The maximum atomic E-state index is 5.93. The fourth-order valence-corrected chi connectivity index (χ4v) is 2.34. The van der Waals surface area contributed by atoms with Crippen molar-refractivity contribution < 1.29 is 4.74 Å². The lowest BCUT2D eigenvalue weighted by Gasteiger charge is -2.19. The van der Waals surface area contributed by atoms with Crippen LogP contribution in [0.5, 0.6) is 0 Å². The molecule has 1 nitrogen and oxygen atoms in total.